The minimum absolute atomic E-state index is 0.263. The van der Waals surface area contributed by atoms with Crippen molar-refractivity contribution in [3.63, 3.8) is 0 Å². The molecular weight excluding hydrogens is 258 g/mol. The van der Waals surface area contributed by atoms with Gasteiger partial charge in [-0.15, -0.1) is 0 Å². The van der Waals surface area contributed by atoms with Crippen molar-refractivity contribution in [3.8, 4) is 0 Å². The highest BCUT2D eigenvalue weighted by Crippen LogP contribution is 2.19. The number of ether oxygens (including phenoxy) is 1. The van der Waals surface area contributed by atoms with Gasteiger partial charge in [-0.1, -0.05) is 30.7 Å². The molecule has 1 atom stereocenters. The van der Waals surface area contributed by atoms with E-state index in [1.165, 1.54) is 11.1 Å². The summed E-state index contributed by atoms with van der Waals surface area (Å²) in [6.07, 6.45) is 2.30. The van der Waals surface area contributed by atoms with E-state index in [1.807, 2.05) is 6.07 Å². The van der Waals surface area contributed by atoms with Crippen LogP contribution in [0.1, 0.15) is 38.3 Å². The van der Waals surface area contributed by atoms with E-state index in [0.717, 1.165) is 31.0 Å². The molecule has 1 rings (SSSR count). The highest BCUT2D eigenvalue weighted by Gasteiger charge is 2.12. The minimum atomic E-state index is 0.263. The molecule has 2 nitrogen and oxygen atoms in total. The van der Waals surface area contributed by atoms with Gasteiger partial charge in [0.05, 0.1) is 12.7 Å². The maximum atomic E-state index is 6.30. The average molecular weight is 284 g/mol. The van der Waals surface area contributed by atoms with Gasteiger partial charge in [0.15, 0.2) is 0 Å². The number of nitrogens with one attached hydrogen (secondary N) is 1. The zero-order valence-corrected chi connectivity index (χ0v) is 13.3. The van der Waals surface area contributed by atoms with Crippen LogP contribution in [0.2, 0.25) is 5.02 Å². The van der Waals surface area contributed by atoms with Crippen molar-refractivity contribution in [2.24, 2.45) is 0 Å². The van der Waals surface area contributed by atoms with Gasteiger partial charge < -0.3 is 10.1 Å². The Hall–Kier alpha value is -0.570. The van der Waals surface area contributed by atoms with E-state index in [1.54, 1.807) is 0 Å². The maximum absolute atomic E-state index is 6.30. The Labute approximate surface area is 122 Å². The second-order valence-electron chi connectivity index (χ2n) is 5.33. The molecule has 0 aliphatic carbocycles. The lowest BCUT2D eigenvalue weighted by atomic mass is 10.0. The fraction of sp³-hybridized carbons (Fsp3) is 0.625. The smallest absolute Gasteiger partial charge is 0.0626 e. The standard InChI is InChI=1S/C16H26ClNO/c1-5-8-18-15(11-19-12(2)3)10-14-7-6-13(4)9-16(14)17/h6-7,9,12,15,18H,5,8,10-11H2,1-4H3. The lowest BCUT2D eigenvalue weighted by molar-refractivity contribution is 0.0613. The van der Waals surface area contributed by atoms with E-state index in [4.69, 9.17) is 16.3 Å². The van der Waals surface area contributed by atoms with Gasteiger partial charge in [0.2, 0.25) is 0 Å². The molecule has 0 aliphatic rings. The van der Waals surface area contributed by atoms with Crippen LogP contribution in [0.4, 0.5) is 0 Å². The minimum Gasteiger partial charge on any atom is -0.377 e. The van der Waals surface area contributed by atoms with Crippen molar-refractivity contribution < 1.29 is 4.74 Å². The average Bonchev–Trinajstić information content (AvgIpc) is 2.35. The Morgan fingerprint density at radius 1 is 1.32 bits per heavy atom. The van der Waals surface area contributed by atoms with Crippen LogP contribution in [-0.4, -0.2) is 25.3 Å². The van der Waals surface area contributed by atoms with E-state index in [-0.39, 0.29) is 6.10 Å². The van der Waals surface area contributed by atoms with Gasteiger partial charge in [0.1, 0.15) is 0 Å². The van der Waals surface area contributed by atoms with Gasteiger partial charge in [-0.05, 0) is 57.4 Å². The molecule has 0 aliphatic heterocycles. The molecule has 0 fully saturated rings. The Morgan fingerprint density at radius 2 is 2.05 bits per heavy atom. The summed E-state index contributed by atoms with van der Waals surface area (Å²) in [6, 6.07) is 6.58. The molecule has 0 spiro atoms. The summed E-state index contributed by atoms with van der Waals surface area (Å²) in [4.78, 5) is 0. The first-order valence-electron chi connectivity index (χ1n) is 7.13. The van der Waals surface area contributed by atoms with Crippen LogP contribution in [-0.2, 0) is 11.2 Å². The lowest BCUT2D eigenvalue weighted by Gasteiger charge is -2.21. The molecule has 0 bridgehead atoms. The summed E-state index contributed by atoms with van der Waals surface area (Å²) < 4.78 is 5.73. The molecule has 108 valence electrons. The van der Waals surface area contributed by atoms with Crippen LogP contribution in [0.5, 0.6) is 0 Å². The highest BCUT2D eigenvalue weighted by molar-refractivity contribution is 6.31. The molecule has 0 saturated carbocycles. The topological polar surface area (TPSA) is 21.3 Å². The van der Waals surface area contributed by atoms with Crippen molar-refractivity contribution in [2.45, 2.75) is 52.7 Å². The molecule has 1 N–H and O–H groups in total. The van der Waals surface area contributed by atoms with Gasteiger partial charge in [-0.3, -0.25) is 0 Å². The van der Waals surface area contributed by atoms with E-state index in [0.29, 0.717) is 6.04 Å². The number of halogens is 1. The fourth-order valence-electron chi connectivity index (χ4n) is 1.93. The monoisotopic (exact) mass is 283 g/mol. The Morgan fingerprint density at radius 3 is 2.63 bits per heavy atom. The number of rotatable bonds is 8. The molecule has 0 amide bonds. The lowest BCUT2D eigenvalue weighted by Crippen LogP contribution is -2.36. The molecule has 0 aromatic heterocycles. The van der Waals surface area contributed by atoms with E-state index in [2.05, 4.69) is 45.1 Å². The van der Waals surface area contributed by atoms with Crippen molar-refractivity contribution in [1.29, 1.82) is 0 Å². The molecule has 1 aromatic carbocycles. The Balaban J connectivity index is 2.63. The third-order valence-electron chi connectivity index (χ3n) is 2.99. The molecular formula is C16H26ClNO. The predicted octanol–water partition coefficient (Wildman–Crippen LogP) is 3.98. The zero-order chi connectivity index (χ0) is 14.3. The highest BCUT2D eigenvalue weighted by atomic mass is 35.5. The Kier molecular flexibility index (Phi) is 7.44. The molecule has 0 saturated heterocycles. The molecule has 1 aromatic rings. The summed E-state index contributed by atoms with van der Waals surface area (Å²) in [5, 5.41) is 4.39. The Bertz CT molecular complexity index is 379. The zero-order valence-electron chi connectivity index (χ0n) is 12.5. The maximum Gasteiger partial charge on any atom is 0.0626 e. The molecule has 0 radical (unpaired) electrons. The summed E-state index contributed by atoms with van der Waals surface area (Å²) in [6.45, 7) is 10.1. The largest absolute Gasteiger partial charge is 0.377 e. The number of hydrogen-bond donors (Lipinski definition) is 1. The predicted molar refractivity (Wildman–Crippen MR) is 83.1 cm³/mol. The van der Waals surface area contributed by atoms with Gasteiger partial charge in [0.25, 0.3) is 0 Å². The van der Waals surface area contributed by atoms with Gasteiger partial charge in [0, 0.05) is 11.1 Å². The van der Waals surface area contributed by atoms with Gasteiger partial charge >= 0.3 is 0 Å². The number of aryl methyl sites for hydroxylation is 1. The quantitative estimate of drug-likeness (QED) is 0.779. The van der Waals surface area contributed by atoms with Gasteiger partial charge in [-0.25, -0.2) is 0 Å². The van der Waals surface area contributed by atoms with E-state index in [9.17, 15) is 0 Å². The van der Waals surface area contributed by atoms with Crippen LogP contribution in [0, 0.1) is 6.92 Å². The normalized spacial score (nSPS) is 12.9. The van der Waals surface area contributed by atoms with Crippen molar-refractivity contribution in [3.05, 3.63) is 34.3 Å². The van der Waals surface area contributed by atoms with Crippen LogP contribution >= 0.6 is 11.6 Å². The second kappa shape index (κ2) is 8.57. The van der Waals surface area contributed by atoms with Crippen LogP contribution in [0.25, 0.3) is 0 Å². The first-order valence-corrected chi connectivity index (χ1v) is 7.50. The second-order valence-corrected chi connectivity index (χ2v) is 5.74. The first-order chi connectivity index (χ1) is 9.02. The third-order valence-corrected chi connectivity index (χ3v) is 3.34. The summed E-state index contributed by atoms with van der Waals surface area (Å²) in [7, 11) is 0. The SMILES string of the molecule is CCCNC(COC(C)C)Cc1ccc(C)cc1Cl. The van der Waals surface area contributed by atoms with Gasteiger partial charge in [-0.2, -0.15) is 0 Å². The van der Waals surface area contributed by atoms with Crippen molar-refractivity contribution in [1.82, 2.24) is 5.32 Å². The van der Waals surface area contributed by atoms with E-state index < -0.39 is 0 Å². The molecule has 0 heterocycles. The van der Waals surface area contributed by atoms with Crippen LogP contribution in [0.3, 0.4) is 0 Å². The van der Waals surface area contributed by atoms with E-state index >= 15 is 0 Å². The molecule has 1 unspecified atom stereocenters. The first kappa shape index (κ1) is 16.5. The summed E-state index contributed by atoms with van der Waals surface area (Å²) in [5.74, 6) is 0. The van der Waals surface area contributed by atoms with Crippen LogP contribution < -0.4 is 5.32 Å². The summed E-state index contributed by atoms with van der Waals surface area (Å²) >= 11 is 6.30. The fourth-order valence-corrected chi connectivity index (χ4v) is 2.24. The molecule has 19 heavy (non-hydrogen) atoms. The molecule has 3 heteroatoms. The van der Waals surface area contributed by atoms with Crippen molar-refractivity contribution in [2.75, 3.05) is 13.2 Å². The van der Waals surface area contributed by atoms with Crippen molar-refractivity contribution >= 4 is 11.6 Å². The third kappa shape index (κ3) is 6.42. The number of hydrogen-bond acceptors (Lipinski definition) is 2. The number of benzene rings is 1. The van der Waals surface area contributed by atoms with Crippen LogP contribution in [0.15, 0.2) is 18.2 Å². The summed E-state index contributed by atoms with van der Waals surface area (Å²) in [5.41, 5.74) is 2.39.